The van der Waals surface area contributed by atoms with Crippen molar-refractivity contribution in [1.29, 1.82) is 0 Å². The normalized spacial score (nSPS) is 25.2. The van der Waals surface area contributed by atoms with E-state index in [-0.39, 0.29) is 13.0 Å². The number of hydrogen-bond donors (Lipinski definition) is 0. The molecule has 0 aromatic carbocycles. The van der Waals surface area contributed by atoms with Crippen LogP contribution in [-0.2, 0) is 11.3 Å². The van der Waals surface area contributed by atoms with Crippen LogP contribution in [0.1, 0.15) is 55.5 Å². The Labute approximate surface area is 130 Å². The number of likely N-dealkylation sites (tertiary alicyclic amines) is 1. The Morgan fingerprint density at radius 1 is 1.41 bits per heavy atom. The van der Waals surface area contributed by atoms with E-state index in [4.69, 9.17) is 9.72 Å². The highest BCUT2D eigenvalue weighted by molar-refractivity contribution is 5.29. The summed E-state index contributed by atoms with van der Waals surface area (Å²) in [5, 5.41) is 0. The van der Waals surface area contributed by atoms with Gasteiger partial charge in [0.15, 0.2) is 0 Å². The summed E-state index contributed by atoms with van der Waals surface area (Å²) >= 11 is 0. The van der Waals surface area contributed by atoms with Gasteiger partial charge in [-0.3, -0.25) is 9.88 Å². The number of ether oxygens (including phenoxy) is 1. The van der Waals surface area contributed by atoms with Crippen molar-refractivity contribution in [3.05, 3.63) is 29.1 Å². The first-order valence-electron chi connectivity index (χ1n) is 8.12. The molecule has 122 valence electrons. The molecule has 0 amide bonds. The first-order chi connectivity index (χ1) is 10.4. The van der Waals surface area contributed by atoms with Crippen LogP contribution >= 0.6 is 0 Å². The summed E-state index contributed by atoms with van der Waals surface area (Å²) in [6.45, 7) is 6.51. The van der Waals surface area contributed by atoms with Crippen molar-refractivity contribution in [2.24, 2.45) is 0 Å². The third kappa shape index (κ3) is 3.46. The minimum Gasteiger partial charge on any atom is -0.381 e. The van der Waals surface area contributed by atoms with Crippen molar-refractivity contribution in [1.82, 2.24) is 9.88 Å². The molecule has 3 heterocycles. The van der Waals surface area contributed by atoms with Gasteiger partial charge in [0.05, 0.1) is 18.8 Å². The number of halogens is 2. The maximum Gasteiger partial charge on any atom is 0.261 e. The van der Waals surface area contributed by atoms with Gasteiger partial charge in [-0.1, -0.05) is 19.9 Å². The Balaban J connectivity index is 1.84. The van der Waals surface area contributed by atoms with E-state index in [1.807, 2.05) is 4.90 Å². The molecule has 5 heteroatoms. The van der Waals surface area contributed by atoms with Crippen LogP contribution < -0.4 is 0 Å². The van der Waals surface area contributed by atoms with Gasteiger partial charge in [0.1, 0.15) is 0 Å². The molecular weight excluding hydrogens is 286 g/mol. The third-order valence-electron chi connectivity index (χ3n) is 4.61. The van der Waals surface area contributed by atoms with Gasteiger partial charge in [0.25, 0.3) is 5.92 Å². The van der Waals surface area contributed by atoms with Gasteiger partial charge in [0.2, 0.25) is 0 Å². The quantitative estimate of drug-likeness (QED) is 0.850. The summed E-state index contributed by atoms with van der Waals surface area (Å²) in [6.07, 6.45) is 0.949. The van der Waals surface area contributed by atoms with Gasteiger partial charge >= 0.3 is 0 Å². The lowest BCUT2D eigenvalue weighted by atomic mass is 9.95. The molecule has 1 unspecified atom stereocenters. The molecule has 1 atom stereocenters. The van der Waals surface area contributed by atoms with E-state index in [1.165, 1.54) is 5.56 Å². The smallest absolute Gasteiger partial charge is 0.261 e. The van der Waals surface area contributed by atoms with E-state index in [1.54, 1.807) is 0 Å². The predicted octanol–water partition coefficient (Wildman–Crippen LogP) is 3.55. The largest absolute Gasteiger partial charge is 0.381 e. The predicted molar refractivity (Wildman–Crippen MR) is 81.3 cm³/mol. The molecular formula is C17H24F2N2O. The second kappa shape index (κ2) is 6.20. The number of alkyl halides is 2. The first-order valence-corrected chi connectivity index (χ1v) is 8.12. The van der Waals surface area contributed by atoms with Gasteiger partial charge in [-0.15, -0.1) is 0 Å². The molecule has 0 bridgehead atoms. The number of aromatic nitrogens is 1. The third-order valence-corrected chi connectivity index (χ3v) is 4.61. The zero-order valence-corrected chi connectivity index (χ0v) is 13.3. The Morgan fingerprint density at radius 2 is 2.23 bits per heavy atom. The summed E-state index contributed by atoms with van der Waals surface area (Å²) in [7, 11) is 0. The van der Waals surface area contributed by atoms with Crippen molar-refractivity contribution in [2.45, 2.75) is 51.0 Å². The van der Waals surface area contributed by atoms with E-state index >= 15 is 0 Å². The molecule has 1 aromatic heterocycles. The zero-order valence-electron chi connectivity index (χ0n) is 13.3. The molecule has 0 saturated carbocycles. The van der Waals surface area contributed by atoms with E-state index < -0.39 is 5.92 Å². The minimum absolute atomic E-state index is 0.0429. The standard InChI is InChI=1S/C17H24F2N2O/c1-12(2)15-4-3-14(13-5-8-22-10-13)16(20-15)9-21-7-6-17(18,19)11-21/h3-4,12-13H,5-11H2,1-2H3. The highest BCUT2D eigenvalue weighted by atomic mass is 19.3. The fourth-order valence-corrected chi connectivity index (χ4v) is 3.28. The van der Waals surface area contributed by atoms with Crippen molar-refractivity contribution >= 4 is 0 Å². The summed E-state index contributed by atoms with van der Waals surface area (Å²) in [4.78, 5) is 6.61. The monoisotopic (exact) mass is 310 g/mol. The zero-order chi connectivity index (χ0) is 15.7. The van der Waals surface area contributed by atoms with E-state index in [9.17, 15) is 8.78 Å². The number of pyridine rings is 1. The fourth-order valence-electron chi connectivity index (χ4n) is 3.28. The summed E-state index contributed by atoms with van der Waals surface area (Å²) in [5.41, 5.74) is 3.17. The van der Waals surface area contributed by atoms with Gasteiger partial charge in [-0.25, -0.2) is 8.78 Å². The molecule has 1 aromatic rings. The van der Waals surface area contributed by atoms with Crippen molar-refractivity contribution in [2.75, 3.05) is 26.3 Å². The molecule has 3 rings (SSSR count). The highest BCUT2D eigenvalue weighted by Crippen LogP contribution is 2.32. The molecule has 22 heavy (non-hydrogen) atoms. The molecule has 0 spiro atoms. The summed E-state index contributed by atoms with van der Waals surface area (Å²) in [5.74, 6) is -1.86. The van der Waals surface area contributed by atoms with Gasteiger partial charge in [0, 0.05) is 37.7 Å². The molecule has 2 saturated heterocycles. The Morgan fingerprint density at radius 3 is 2.82 bits per heavy atom. The second-order valence-electron chi connectivity index (χ2n) is 6.80. The SMILES string of the molecule is CC(C)c1ccc(C2CCOC2)c(CN2CCC(F)(F)C2)n1. The van der Waals surface area contributed by atoms with E-state index in [2.05, 4.69) is 26.0 Å². The molecule has 3 nitrogen and oxygen atoms in total. The fraction of sp³-hybridized carbons (Fsp3) is 0.706. The van der Waals surface area contributed by atoms with Crippen LogP contribution in [-0.4, -0.2) is 42.1 Å². The lowest BCUT2D eigenvalue weighted by molar-refractivity contribution is 0.0113. The molecule has 2 aliphatic heterocycles. The maximum absolute atomic E-state index is 13.4. The van der Waals surface area contributed by atoms with Crippen LogP contribution in [0.2, 0.25) is 0 Å². The van der Waals surface area contributed by atoms with E-state index in [0.29, 0.717) is 31.5 Å². The van der Waals surface area contributed by atoms with Gasteiger partial charge in [-0.2, -0.15) is 0 Å². The molecule has 0 radical (unpaired) electrons. The Hall–Kier alpha value is -1.07. The Bertz CT molecular complexity index is 527. The van der Waals surface area contributed by atoms with Crippen molar-refractivity contribution < 1.29 is 13.5 Å². The van der Waals surface area contributed by atoms with E-state index in [0.717, 1.165) is 24.4 Å². The second-order valence-corrected chi connectivity index (χ2v) is 6.80. The van der Waals surface area contributed by atoms with Crippen LogP contribution in [0.5, 0.6) is 0 Å². The van der Waals surface area contributed by atoms with Gasteiger partial charge < -0.3 is 4.74 Å². The topological polar surface area (TPSA) is 25.4 Å². The van der Waals surface area contributed by atoms with Gasteiger partial charge in [-0.05, 0) is 24.0 Å². The lowest BCUT2D eigenvalue weighted by Crippen LogP contribution is -2.26. The maximum atomic E-state index is 13.4. The number of rotatable bonds is 4. The van der Waals surface area contributed by atoms with Crippen molar-refractivity contribution in [3.63, 3.8) is 0 Å². The summed E-state index contributed by atoms with van der Waals surface area (Å²) in [6, 6.07) is 4.20. The molecule has 2 aliphatic rings. The number of hydrogen-bond acceptors (Lipinski definition) is 3. The van der Waals surface area contributed by atoms with Crippen LogP contribution in [0.15, 0.2) is 12.1 Å². The Kier molecular flexibility index (Phi) is 4.46. The van der Waals surface area contributed by atoms with Crippen LogP contribution in [0.3, 0.4) is 0 Å². The van der Waals surface area contributed by atoms with Crippen LogP contribution in [0, 0.1) is 0 Å². The molecule has 0 N–H and O–H groups in total. The first kappa shape index (κ1) is 15.8. The minimum atomic E-state index is -2.55. The van der Waals surface area contributed by atoms with Crippen molar-refractivity contribution in [3.8, 4) is 0 Å². The highest BCUT2D eigenvalue weighted by Gasteiger charge is 2.38. The molecule has 0 aliphatic carbocycles. The van der Waals surface area contributed by atoms with Crippen LogP contribution in [0.4, 0.5) is 8.78 Å². The average molecular weight is 310 g/mol. The summed E-state index contributed by atoms with van der Waals surface area (Å²) < 4.78 is 32.3. The molecule has 2 fully saturated rings. The number of nitrogens with zero attached hydrogens (tertiary/aromatic N) is 2. The van der Waals surface area contributed by atoms with Crippen LogP contribution in [0.25, 0.3) is 0 Å². The average Bonchev–Trinajstić information content (AvgIpc) is 3.08. The lowest BCUT2D eigenvalue weighted by Gasteiger charge is -2.21.